The standard InChI is InChI=1S/C19H20N2O5/c1-19(2,14-8-10-15(11-9-14)21(25)26)20-17(22)12-7-13-5-3-4-6-16(13)18(23)24/h3-6,8-11H,7,12H2,1-2H3,(H,20,22)(H,23,24). The van der Waals surface area contributed by atoms with E-state index in [0.29, 0.717) is 12.0 Å². The minimum absolute atomic E-state index is 0.0128. The number of rotatable bonds is 7. The van der Waals surface area contributed by atoms with Crippen LogP contribution in [0.2, 0.25) is 0 Å². The number of nitrogens with zero attached hydrogens (tertiary/aromatic N) is 1. The normalized spacial score (nSPS) is 11.0. The molecule has 0 atom stereocenters. The van der Waals surface area contributed by atoms with Crippen molar-refractivity contribution in [1.29, 1.82) is 0 Å². The molecule has 26 heavy (non-hydrogen) atoms. The molecule has 2 rings (SSSR count). The third kappa shape index (κ3) is 4.66. The van der Waals surface area contributed by atoms with Gasteiger partial charge in [0.1, 0.15) is 0 Å². The van der Waals surface area contributed by atoms with Crippen molar-refractivity contribution < 1.29 is 19.6 Å². The molecular weight excluding hydrogens is 336 g/mol. The van der Waals surface area contributed by atoms with Crippen molar-refractivity contribution in [3.63, 3.8) is 0 Å². The third-order valence-electron chi connectivity index (χ3n) is 4.12. The number of hydrogen-bond donors (Lipinski definition) is 2. The molecule has 0 heterocycles. The van der Waals surface area contributed by atoms with Crippen molar-refractivity contribution in [1.82, 2.24) is 5.32 Å². The van der Waals surface area contributed by atoms with Crippen LogP contribution in [0.25, 0.3) is 0 Å². The highest BCUT2D eigenvalue weighted by atomic mass is 16.6. The molecule has 0 aliphatic rings. The van der Waals surface area contributed by atoms with Gasteiger partial charge in [0.2, 0.25) is 5.91 Å². The second kappa shape index (κ2) is 7.77. The maximum absolute atomic E-state index is 12.3. The summed E-state index contributed by atoms with van der Waals surface area (Å²) in [7, 11) is 0. The van der Waals surface area contributed by atoms with Crippen LogP contribution < -0.4 is 5.32 Å². The number of benzene rings is 2. The first kappa shape index (κ1) is 19.1. The lowest BCUT2D eigenvalue weighted by Crippen LogP contribution is -2.41. The molecule has 0 fully saturated rings. The average molecular weight is 356 g/mol. The summed E-state index contributed by atoms with van der Waals surface area (Å²) >= 11 is 0. The van der Waals surface area contributed by atoms with E-state index in [-0.39, 0.29) is 23.6 Å². The molecule has 0 unspecified atom stereocenters. The number of nitro groups is 1. The molecule has 0 spiro atoms. The van der Waals surface area contributed by atoms with Gasteiger partial charge in [-0.3, -0.25) is 14.9 Å². The molecule has 0 bridgehead atoms. The zero-order valence-electron chi connectivity index (χ0n) is 14.6. The highest BCUT2D eigenvalue weighted by molar-refractivity contribution is 5.89. The van der Waals surface area contributed by atoms with Crippen molar-refractivity contribution in [3.05, 3.63) is 75.3 Å². The van der Waals surface area contributed by atoms with E-state index in [0.717, 1.165) is 5.56 Å². The molecule has 2 aromatic carbocycles. The van der Waals surface area contributed by atoms with Crippen molar-refractivity contribution in [3.8, 4) is 0 Å². The van der Waals surface area contributed by atoms with Gasteiger partial charge in [-0.05, 0) is 49.6 Å². The molecule has 1 amide bonds. The lowest BCUT2D eigenvalue weighted by atomic mass is 9.93. The van der Waals surface area contributed by atoms with Gasteiger partial charge in [-0.2, -0.15) is 0 Å². The van der Waals surface area contributed by atoms with E-state index in [1.165, 1.54) is 18.2 Å². The first-order chi connectivity index (χ1) is 12.2. The predicted molar refractivity (Wildman–Crippen MR) is 96.0 cm³/mol. The van der Waals surface area contributed by atoms with Crippen LogP contribution >= 0.6 is 0 Å². The summed E-state index contributed by atoms with van der Waals surface area (Å²) < 4.78 is 0. The first-order valence-electron chi connectivity index (χ1n) is 8.08. The monoisotopic (exact) mass is 356 g/mol. The van der Waals surface area contributed by atoms with E-state index in [1.807, 2.05) is 0 Å². The summed E-state index contributed by atoms with van der Waals surface area (Å²) in [5, 5.41) is 22.8. The summed E-state index contributed by atoms with van der Waals surface area (Å²) in [5.74, 6) is -1.25. The molecule has 0 radical (unpaired) electrons. The molecule has 2 N–H and O–H groups in total. The van der Waals surface area contributed by atoms with E-state index in [1.54, 1.807) is 44.2 Å². The predicted octanol–water partition coefficient (Wildman–Crippen LogP) is 3.28. The van der Waals surface area contributed by atoms with Gasteiger partial charge >= 0.3 is 5.97 Å². The average Bonchev–Trinajstić information content (AvgIpc) is 2.59. The van der Waals surface area contributed by atoms with Gasteiger partial charge in [0.05, 0.1) is 16.0 Å². The van der Waals surface area contributed by atoms with Crippen LogP contribution in [0.1, 0.15) is 41.8 Å². The van der Waals surface area contributed by atoms with Crippen molar-refractivity contribution >= 4 is 17.6 Å². The highest BCUT2D eigenvalue weighted by Gasteiger charge is 2.23. The molecule has 0 aliphatic heterocycles. The van der Waals surface area contributed by atoms with Gasteiger partial charge < -0.3 is 10.4 Å². The van der Waals surface area contributed by atoms with Crippen LogP contribution in [0.15, 0.2) is 48.5 Å². The number of carboxylic acids is 1. The lowest BCUT2D eigenvalue weighted by molar-refractivity contribution is -0.384. The zero-order chi connectivity index (χ0) is 19.3. The highest BCUT2D eigenvalue weighted by Crippen LogP contribution is 2.23. The number of aryl methyl sites for hydroxylation is 1. The molecule has 0 aliphatic carbocycles. The largest absolute Gasteiger partial charge is 0.478 e. The number of non-ortho nitro benzene ring substituents is 1. The molecule has 7 nitrogen and oxygen atoms in total. The van der Waals surface area contributed by atoms with Crippen LogP contribution in [-0.2, 0) is 16.8 Å². The van der Waals surface area contributed by atoms with Crippen LogP contribution in [0, 0.1) is 10.1 Å². The number of carbonyl (C=O) groups is 2. The molecule has 7 heteroatoms. The minimum Gasteiger partial charge on any atom is -0.478 e. The van der Waals surface area contributed by atoms with E-state index in [9.17, 15) is 24.8 Å². The second-order valence-electron chi connectivity index (χ2n) is 6.44. The number of nitrogens with one attached hydrogen (secondary N) is 1. The number of carboxylic acid groups (broad SMARTS) is 1. The molecular formula is C19H20N2O5. The fourth-order valence-electron chi connectivity index (χ4n) is 2.68. The number of aromatic carboxylic acids is 1. The Kier molecular flexibility index (Phi) is 5.71. The van der Waals surface area contributed by atoms with E-state index < -0.39 is 16.4 Å². The van der Waals surface area contributed by atoms with Gasteiger partial charge in [-0.15, -0.1) is 0 Å². The number of hydrogen-bond acceptors (Lipinski definition) is 4. The summed E-state index contributed by atoms with van der Waals surface area (Å²) in [6.45, 7) is 3.61. The fourth-order valence-corrected chi connectivity index (χ4v) is 2.68. The van der Waals surface area contributed by atoms with E-state index >= 15 is 0 Å². The zero-order valence-corrected chi connectivity index (χ0v) is 14.6. The van der Waals surface area contributed by atoms with E-state index in [2.05, 4.69) is 5.32 Å². The Morgan fingerprint density at radius 2 is 1.73 bits per heavy atom. The van der Waals surface area contributed by atoms with Crippen LogP contribution in [0.5, 0.6) is 0 Å². The van der Waals surface area contributed by atoms with Crippen LogP contribution in [0.4, 0.5) is 5.69 Å². The maximum Gasteiger partial charge on any atom is 0.335 e. The lowest BCUT2D eigenvalue weighted by Gasteiger charge is -2.27. The van der Waals surface area contributed by atoms with Crippen LogP contribution in [-0.4, -0.2) is 21.9 Å². The van der Waals surface area contributed by atoms with Crippen molar-refractivity contribution in [2.45, 2.75) is 32.2 Å². The SMILES string of the molecule is CC(C)(NC(=O)CCc1ccccc1C(=O)O)c1ccc([N+](=O)[O-])cc1. The maximum atomic E-state index is 12.3. The quantitative estimate of drug-likeness (QED) is 0.584. The fraction of sp³-hybridized carbons (Fsp3) is 0.263. The van der Waals surface area contributed by atoms with Crippen molar-refractivity contribution in [2.24, 2.45) is 0 Å². The summed E-state index contributed by atoms with van der Waals surface area (Å²) in [5.41, 5.74) is 0.806. The Morgan fingerprint density at radius 3 is 2.31 bits per heavy atom. The second-order valence-corrected chi connectivity index (χ2v) is 6.44. The topological polar surface area (TPSA) is 110 Å². The van der Waals surface area contributed by atoms with Crippen LogP contribution in [0.3, 0.4) is 0 Å². The van der Waals surface area contributed by atoms with E-state index in [4.69, 9.17) is 0 Å². The van der Waals surface area contributed by atoms with Gasteiger partial charge in [0.25, 0.3) is 5.69 Å². The van der Waals surface area contributed by atoms with Gasteiger partial charge in [-0.25, -0.2) is 4.79 Å². The van der Waals surface area contributed by atoms with Crippen molar-refractivity contribution in [2.75, 3.05) is 0 Å². The smallest absolute Gasteiger partial charge is 0.335 e. The first-order valence-corrected chi connectivity index (χ1v) is 8.08. The summed E-state index contributed by atoms with van der Waals surface area (Å²) in [6, 6.07) is 12.6. The Hall–Kier alpha value is -3.22. The Morgan fingerprint density at radius 1 is 1.12 bits per heavy atom. The Balaban J connectivity index is 2.02. The molecule has 2 aromatic rings. The van der Waals surface area contributed by atoms with Gasteiger partial charge in [0.15, 0.2) is 0 Å². The number of amides is 1. The Labute approximate surface area is 150 Å². The number of nitro benzene ring substituents is 1. The molecule has 136 valence electrons. The third-order valence-corrected chi connectivity index (χ3v) is 4.12. The molecule has 0 saturated heterocycles. The molecule has 0 saturated carbocycles. The summed E-state index contributed by atoms with van der Waals surface area (Å²) in [6.07, 6.45) is 0.450. The number of carbonyl (C=O) groups excluding carboxylic acids is 1. The minimum atomic E-state index is -1.02. The molecule has 0 aromatic heterocycles. The summed E-state index contributed by atoms with van der Waals surface area (Å²) in [4.78, 5) is 33.8. The Bertz CT molecular complexity index is 828. The van der Waals surface area contributed by atoms with Gasteiger partial charge in [0, 0.05) is 18.6 Å². The van der Waals surface area contributed by atoms with Gasteiger partial charge in [-0.1, -0.05) is 18.2 Å².